The van der Waals surface area contributed by atoms with E-state index in [-0.39, 0.29) is 21.8 Å². The molecule has 1 fully saturated rings. The maximum atomic E-state index is 13.4. The van der Waals surface area contributed by atoms with Crippen LogP contribution in [0.1, 0.15) is 45.7 Å². The van der Waals surface area contributed by atoms with Crippen LogP contribution in [0, 0.1) is 6.92 Å². The monoisotopic (exact) mass is 473 g/mol. The van der Waals surface area contributed by atoms with Crippen LogP contribution in [0.2, 0.25) is 10.2 Å². The van der Waals surface area contributed by atoms with Crippen molar-refractivity contribution in [1.29, 1.82) is 0 Å². The summed E-state index contributed by atoms with van der Waals surface area (Å²) in [6.07, 6.45) is 3.11. The Bertz CT molecular complexity index is 1130. The molecule has 0 spiro atoms. The van der Waals surface area contributed by atoms with E-state index in [1.165, 1.54) is 23.5 Å². The van der Waals surface area contributed by atoms with Gasteiger partial charge in [-0.3, -0.25) is 9.59 Å². The fraction of sp³-hybridized carbons (Fsp3) is 0.261. The lowest BCUT2D eigenvalue weighted by atomic mass is 10.0. The first-order valence-corrected chi connectivity index (χ1v) is 11.6. The molecule has 0 radical (unpaired) electrons. The third kappa shape index (κ3) is 4.61. The zero-order chi connectivity index (χ0) is 22.0. The van der Waals surface area contributed by atoms with Crippen molar-refractivity contribution < 1.29 is 9.59 Å². The summed E-state index contributed by atoms with van der Waals surface area (Å²) >= 11 is 13.5. The van der Waals surface area contributed by atoms with Crippen molar-refractivity contribution in [3.8, 4) is 10.4 Å². The van der Waals surface area contributed by atoms with Crippen LogP contribution in [0.4, 0.5) is 5.00 Å². The second-order valence-corrected chi connectivity index (χ2v) is 9.21. The molecule has 0 aliphatic carbocycles. The molecule has 1 saturated heterocycles. The van der Waals surface area contributed by atoms with Gasteiger partial charge in [0.1, 0.15) is 15.8 Å². The van der Waals surface area contributed by atoms with Gasteiger partial charge < -0.3 is 10.2 Å². The van der Waals surface area contributed by atoms with E-state index in [9.17, 15) is 9.59 Å². The van der Waals surface area contributed by atoms with Crippen LogP contribution < -0.4 is 5.32 Å². The van der Waals surface area contributed by atoms with E-state index in [0.717, 1.165) is 48.4 Å². The topological polar surface area (TPSA) is 62.3 Å². The number of hydrogen-bond acceptors (Lipinski definition) is 4. The number of carbonyl (C=O) groups excluding carboxylic acids is 2. The number of piperidine rings is 1. The van der Waals surface area contributed by atoms with Gasteiger partial charge >= 0.3 is 0 Å². The number of halogens is 2. The number of aromatic nitrogens is 1. The van der Waals surface area contributed by atoms with Gasteiger partial charge in [0.25, 0.3) is 11.8 Å². The molecule has 5 nitrogen and oxygen atoms in total. The van der Waals surface area contributed by atoms with Gasteiger partial charge in [0, 0.05) is 18.0 Å². The van der Waals surface area contributed by atoms with Gasteiger partial charge in [-0.25, -0.2) is 4.98 Å². The highest BCUT2D eigenvalue weighted by atomic mass is 35.5. The molecule has 3 heterocycles. The zero-order valence-electron chi connectivity index (χ0n) is 17.0. The second kappa shape index (κ2) is 9.39. The van der Waals surface area contributed by atoms with Crippen LogP contribution in [-0.4, -0.2) is 34.8 Å². The van der Waals surface area contributed by atoms with Crippen LogP contribution >= 0.6 is 34.5 Å². The molecule has 0 bridgehead atoms. The molecular weight excluding hydrogens is 453 g/mol. The van der Waals surface area contributed by atoms with Gasteiger partial charge in [-0.15, -0.1) is 11.3 Å². The number of nitrogens with zero attached hydrogens (tertiary/aromatic N) is 2. The fourth-order valence-corrected chi connectivity index (χ4v) is 5.26. The number of hydrogen-bond donors (Lipinski definition) is 1. The lowest BCUT2D eigenvalue weighted by Crippen LogP contribution is -2.36. The summed E-state index contributed by atoms with van der Waals surface area (Å²) in [5.41, 5.74) is 2.40. The predicted octanol–water partition coefficient (Wildman–Crippen LogP) is 6.30. The number of pyridine rings is 1. The molecule has 3 aromatic rings. The van der Waals surface area contributed by atoms with Gasteiger partial charge in [-0.2, -0.15) is 0 Å². The Morgan fingerprint density at radius 3 is 2.45 bits per heavy atom. The van der Waals surface area contributed by atoms with Crippen molar-refractivity contribution in [2.75, 3.05) is 18.4 Å². The van der Waals surface area contributed by atoms with Crippen LogP contribution in [0.15, 0.2) is 42.5 Å². The van der Waals surface area contributed by atoms with E-state index in [1.807, 2.05) is 42.2 Å². The molecule has 1 N–H and O–H groups in total. The summed E-state index contributed by atoms with van der Waals surface area (Å²) in [6, 6.07) is 12.9. The fourth-order valence-electron chi connectivity index (χ4n) is 3.72. The van der Waals surface area contributed by atoms with Crippen LogP contribution in [0.5, 0.6) is 0 Å². The number of amides is 2. The Kier molecular flexibility index (Phi) is 6.60. The summed E-state index contributed by atoms with van der Waals surface area (Å²) in [6.45, 7) is 3.38. The summed E-state index contributed by atoms with van der Waals surface area (Å²) in [7, 11) is 0. The number of rotatable bonds is 4. The van der Waals surface area contributed by atoms with Crippen molar-refractivity contribution >= 4 is 51.4 Å². The number of anilines is 1. The standard InChI is InChI=1S/C23H21Cl2N3O2S/c1-14-18(23(30)28-12-6-3-7-13-28)22(31-20(14)15-8-4-2-5-9-15)27-21(29)19-16(24)10-11-17(25)26-19/h2,4-5,8-11H,3,6-7,12-13H2,1H3,(H,27,29). The van der Waals surface area contributed by atoms with Crippen LogP contribution in [0.25, 0.3) is 10.4 Å². The molecule has 0 saturated carbocycles. The highest BCUT2D eigenvalue weighted by molar-refractivity contribution is 7.20. The van der Waals surface area contributed by atoms with Crippen molar-refractivity contribution in [3.05, 3.63) is 69.5 Å². The molecule has 160 valence electrons. The predicted molar refractivity (Wildman–Crippen MR) is 126 cm³/mol. The summed E-state index contributed by atoms with van der Waals surface area (Å²) in [5.74, 6) is -0.558. The van der Waals surface area contributed by atoms with Crippen LogP contribution in [0.3, 0.4) is 0 Å². The third-order valence-electron chi connectivity index (χ3n) is 5.29. The smallest absolute Gasteiger partial charge is 0.276 e. The second-order valence-electron chi connectivity index (χ2n) is 7.40. The maximum Gasteiger partial charge on any atom is 0.276 e. The van der Waals surface area contributed by atoms with E-state index in [2.05, 4.69) is 10.3 Å². The minimum absolute atomic E-state index is 0.0258. The van der Waals surface area contributed by atoms with E-state index in [1.54, 1.807) is 0 Å². The number of carbonyl (C=O) groups is 2. The van der Waals surface area contributed by atoms with Crippen molar-refractivity contribution in [2.24, 2.45) is 0 Å². The van der Waals surface area contributed by atoms with Gasteiger partial charge in [0.05, 0.1) is 10.6 Å². The quantitative estimate of drug-likeness (QED) is 0.451. The summed E-state index contributed by atoms with van der Waals surface area (Å²) in [5, 5.41) is 3.74. The molecule has 2 amide bonds. The van der Waals surface area contributed by atoms with Crippen molar-refractivity contribution in [1.82, 2.24) is 9.88 Å². The largest absolute Gasteiger partial charge is 0.339 e. The summed E-state index contributed by atoms with van der Waals surface area (Å²) < 4.78 is 0. The minimum Gasteiger partial charge on any atom is -0.339 e. The summed E-state index contributed by atoms with van der Waals surface area (Å²) in [4.78, 5) is 33.3. The van der Waals surface area contributed by atoms with E-state index in [4.69, 9.17) is 23.2 Å². The first-order chi connectivity index (χ1) is 15.0. The minimum atomic E-state index is -0.499. The zero-order valence-corrected chi connectivity index (χ0v) is 19.3. The number of nitrogens with one attached hydrogen (secondary N) is 1. The molecule has 31 heavy (non-hydrogen) atoms. The van der Waals surface area contributed by atoms with Gasteiger partial charge in [0.15, 0.2) is 0 Å². The molecule has 0 atom stereocenters. The molecular formula is C23H21Cl2N3O2S. The number of thiophene rings is 1. The highest BCUT2D eigenvalue weighted by Crippen LogP contribution is 2.41. The normalized spacial score (nSPS) is 13.8. The Balaban J connectivity index is 1.75. The van der Waals surface area contributed by atoms with Gasteiger partial charge in [-0.05, 0) is 49.4 Å². The number of benzene rings is 1. The lowest BCUT2D eigenvalue weighted by molar-refractivity contribution is 0.0725. The Morgan fingerprint density at radius 2 is 1.74 bits per heavy atom. The van der Waals surface area contributed by atoms with Crippen LogP contribution in [-0.2, 0) is 0 Å². The Hall–Kier alpha value is -2.41. The Labute approximate surface area is 195 Å². The average molecular weight is 474 g/mol. The Morgan fingerprint density at radius 1 is 1.03 bits per heavy atom. The molecule has 8 heteroatoms. The third-order valence-corrected chi connectivity index (χ3v) is 7.07. The van der Waals surface area contributed by atoms with Gasteiger partial charge in [-0.1, -0.05) is 53.5 Å². The first-order valence-electron chi connectivity index (χ1n) is 10.1. The highest BCUT2D eigenvalue weighted by Gasteiger charge is 2.28. The molecule has 0 unspecified atom stereocenters. The molecule has 1 aliphatic heterocycles. The van der Waals surface area contributed by atoms with Gasteiger partial charge in [0.2, 0.25) is 0 Å². The molecule has 1 aliphatic rings. The van der Waals surface area contributed by atoms with E-state index < -0.39 is 5.91 Å². The maximum absolute atomic E-state index is 13.4. The van der Waals surface area contributed by atoms with Crippen molar-refractivity contribution in [2.45, 2.75) is 26.2 Å². The molecule has 2 aromatic heterocycles. The van der Waals surface area contributed by atoms with Crippen molar-refractivity contribution in [3.63, 3.8) is 0 Å². The number of likely N-dealkylation sites (tertiary alicyclic amines) is 1. The van der Waals surface area contributed by atoms with E-state index in [0.29, 0.717) is 10.6 Å². The molecule has 4 rings (SSSR count). The SMILES string of the molecule is Cc1c(-c2ccccc2)sc(NC(=O)c2nc(Cl)ccc2Cl)c1C(=O)N1CCCCC1. The first kappa shape index (κ1) is 21.8. The van der Waals surface area contributed by atoms with E-state index >= 15 is 0 Å². The average Bonchev–Trinajstić information content (AvgIpc) is 3.11. The lowest BCUT2D eigenvalue weighted by Gasteiger charge is -2.27. The molecule has 1 aromatic carbocycles.